The molecule has 1 aliphatic rings. The van der Waals surface area contributed by atoms with Gasteiger partial charge in [0.2, 0.25) is 0 Å². The van der Waals surface area contributed by atoms with Gasteiger partial charge in [0.25, 0.3) is 0 Å². The number of ether oxygens (including phenoxy) is 1. The summed E-state index contributed by atoms with van der Waals surface area (Å²) in [6, 6.07) is 3.12. The molecule has 0 bridgehead atoms. The van der Waals surface area contributed by atoms with Gasteiger partial charge in [-0.15, -0.1) is 0 Å². The van der Waals surface area contributed by atoms with Gasteiger partial charge in [-0.1, -0.05) is 11.6 Å². The summed E-state index contributed by atoms with van der Waals surface area (Å²) in [7, 11) is 1.78. The minimum Gasteiger partial charge on any atom is -0.381 e. The van der Waals surface area contributed by atoms with Crippen LogP contribution in [0.25, 0.3) is 0 Å². The van der Waals surface area contributed by atoms with Crippen LogP contribution in [0.4, 0.5) is 10.2 Å². The lowest BCUT2D eigenvalue weighted by Gasteiger charge is -2.32. The molecule has 0 radical (unpaired) electrons. The second-order valence-electron chi connectivity index (χ2n) is 4.20. The first kappa shape index (κ1) is 13.1. The Morgan fingerprint density at radius 1 is 1.56 bits per heavy atom. The smallest absolute Gasteiger partial charge is 0.167 e. The molecule has 0 N–H and O–H groups in total. The predicted octanol–water partition coefficient (Wildman–Crippen LogP) is 2.36. The van der Waals surface area contributed by atoms with Crippen molar-refractivity contribution in [3.05, 3.63) is 22.6 Å². The molecule has 0 saturated carbocycles. The molecule has 6 heteroatoms. The quantitative estimate of drug-likeness (QED) is 0.774. The van der Waals surface area contributed by atoms with Crippen molar-refractivity contribution >= 4 is 17.4 Å². The number of hydrogen-bond donors (Lipinski definition) is 0. The fraction of sp³-hybridized carbons (Fsp3) is 0.500. The Balaban J connectivity index is 2.27. The van der Waals surface area contributed by atoms with Crippen LogP contribution in [-0.4, -0.2) is 31.3 Å². The highest BCUT2D eigenvalue weighted by Crippen LogP contribution is 2.25. The Bertz CT molecular complexity index is 483. The standard InChI is InChI=1S/C12H13ClFN3O/c1-17(9-2-4-18-5-3-9)12-10(14)6-8(7-15)11(13)16-12/h6,9H,2-5H2,1H3. The first-order chi connectivity index (χ1) is 8.63. The molecule has 0 aromatic carbocycles. The molecular formula is C12H13ClFN3O. The number of aromatic nitrogens is 1. The van der Waals surface area contributed by atoms with E-state index in [2.05, 4.69) is 4.98 Å². The van der Waals surface area contributed by atoms with Gasteiger partial charge in [-0.3, -0.25) is 0 Å². The van der Waals surface area contributed by atoms with E-state index in [9.17, 15) is 4.39 Å². The molecule has 0 aliphatic carbocycles. The normalized spacial score (nSPS) is 16.3. The Hall–Kier alpha value is -1.38. The summed E-state index contributed by atoms with van der Waals surface area (Å²) in [6.45, 7) is 1.33. The molecule has 0 amide bonds. The average Bonchev–Trinajstić information content (AvgIpc) is 2.41. The number of pyridine rings is 1. The van der Waals surface area contributed by atoms with Crippen LogP contribution in [0.15, 0.2) is 6.07 Å². The predicted molar refractivity (Wildman–Crippen MR) is 66.2 cm³/mol. The Morgan fingerprint density at radius 3 is 2.83 bits per heavy atom. The summed E-state index contributed by atoms with van der Waals surface area (Å²) in [5.41, 5.74) is 0.0540. The van der Waals surface area contributed by atoms with Crippen molar-refractivity contribution in [1.29, 1.82) is 5.26 Å². The lowest BCUT2D eigenvalue weighted by atomic mass is 10.1. The fourth-order valence-corrected chi connectivity index (χ4v) is 2.21. The first-order valence-corrected chi connectivity index (χ1v) is 6.08. The molecule has 96 valence electrons. The summed E-state index contributed by atoms with van der Waals surface area (Å²) in [5, 5.41) is 8.78. The third-order valence-electron chi connectivity index (χ3n) is 3.10. The van der Waals surface area contributed by atoms with Crippen LogP contribution in [0.3, 0.4) is 0 Å². The number of nitrogens with zero attached hydrogens (tertiary/aromatic N) is 3. The van der Waals surface area contributed by atoms with Crippen molar-refractivity contribution < 1.29 is 9.13 Å². The summed E-state index contributed by atoms with van der Waals surface area (Å²) in [6.07, 6.45) is 1.66. The zero-order valence-corrected chi connectivity index (χ0v) is 10.7. The molecule has 0 spiro atoms. The molecule has 1 aromatic rings. The zero-order valence-electron chi connectivity index (χ0n) is 9.99. The Morgan fingerprint density at radius 2 is 2.22 bits per heavy atom. The van der Waals surface area contributed by atoms with Crippen LogP contribution in [-0.2, 0) is 4.74 Å². The number of rotatable bonds is 2. The Kier molecular flexibility index (Phi) is 4.00. The van der Waals surface area contributed by atoms with E-state index in [0.29, 0.717) is 13.2 Å². The number of nitriles is 1. The largest absolute Gasteiger partial charge is 0.381 e. The van der Waals surface area contributed by atoms with E-state index in [0.717, 1.165) is 18.9 Å². The Labute approximate surface area is 110 Å². The lowest BCUT2D eigenvalue weighted by molar-refractivity contribution is 0.0852. The topological polar surface area (TPSA) is 49.2 Å². The van der Waals surface area contributed by atoms with Gasteiger partial charge in [-0.25, -0.2) is 9.37 Å². The summed E-state index contributed by atoms with van der Waals surface area (Å²) in [5.74, 6) is -0.337. The summed E-state index contributed by atoms with van der Waals surface area (Å²) >= 11 is 5.83. The third kappa shape index (κ3) is 2.55. The average molecular weight is 270 g/mol. The van der Waals surface area contributed by atoms with Crippen molar-refractivity contribution in [2.75, 3.05) is 25.2 Å². The maximum Gasteiger partial charge on any atom is 0.167 e. The minimum absolute atomic E-state index is 0.0350. The van der Waals surface area contributed by atoms with Crippen molar-refractivity contribution in [2.24, 2.45) is 0 Å². The van der Waals surface area contributed by atoms with E-state index in [-0.39, 0.29) is 22.6 Å². The van der Waals surface area contributed by atoms with E-state index < -0.39 is 5.82 Å². The van der Waals surface area contributed by atoms with Crippen molar-refractivity contribution in [3.8, 4) is 6.07 Å². The second kappa shape index (κ2) is 5.51. The van der Waals surface area contributed by atoms with Crippen LogP contribution >= 0.6 is 11.6 Å². The van der Waals surface area contributed by atoms with Crippen LogP contribution < -0.4 is 4.90 Å². The first-order valence-electron chi connectivity index (χ1n) is 5.70. The highest BCUT2D eigenvalue weighted by molar-refractivity contribution is 6.30. The minimum atomic E-state index is -0.523. The highest BCUT2D eigenvalue weighted by atomic mass is 35.5. The van der Waals surface area contributed by atoms with Gasteiger partial charge in [0.1, 0.15) is 11.2 Å². The molecule has 1 aliphatic heterocycles. The van der Waals surface area contributed by atoms with Gasteiger partial charge in [0, 0.05) is 26.3 Å². The van der Waals surface area contributed by atoms with Crippen molar-refractivity contribution in [1.82, 2.24) is 4.98 Å². The molecule has 2 heterocycles. The summed E-state index contributed by atoms with van der Waals surface area (Å²) in [4.78, 5) is 5.74. The molecule has 0 unspecified atom stereocenters. The van der Waals surface area contributed by atoms with Crippen LogP contribution in [0.2, 0.25) is 5.15 Å². The molecule has 1 saturated heterocycles. The molecule has 1 fully saturated rings. The maximum absolute atomic E-state index is 13.9. The molecule has 4 nitrogen and oxygen atoms in total. The van der Waals surface area contributed by atoms with E-state index in [1.807, 2.05) is 6.07 Å². The van der Waals surface area contributed by atoms with Crippen LogP contribution in [0.5, 0.6) is 0 Å². The van der Waals surface area contributed by atoms with E-state index in [4.69, 9.17) is 21.6 Å². The molecule has 18 heavy (non-hydrogen) atoms. The monoisotopic (exact) mass is 269 g/mol. The van der Waals surface area contributed by atoms with Gasteiger partial charge >= 0.3 is 0 Å². The van der Waals surface area contributed by atoms with E-state index >= 15 is 0 Å². The van der Waals surface area contributed by atoms with Gasteiger partial charge in [-0.2, -0.15) is 5.26 Å². The maximum atomic E-state index is 13.9. The molecule has 1 aromatic heterocycles. The van der Waals surface area contributed by atoms with Gasteiger partial charge in [-0.05, 0) is 18.9 Å². The van der Waals surface area contributed by atoms with E-state index in [1.54, 1.807) is 11.9 Å². The molecule has 2 rings (SSSR count). The summed E-state index contributed by atoms with van der Waals surface area (Å²) < 4.78 is 19.1. The van der Waals surface area contributed by atoms with Crippen LogP contribution in [0, 0.1) is 17.1 Å². The molecular weight excluding hydrogens is 257 g/mol. The van der Waals surface area contributed by atoms with Gasteiger partial charge in [0.15, 0.2) is 11.6 Å². The van der Waals surface area contributed by atoms with Gasteiger partial charge in [0.05, 0.1) is 5.56 Å². The lowest BCUT2D eigenvalue weighted by Crippen LogP contribution is -2.37. The number of hydrogen-bond acceptors (Lipinski definition) is 4. The van der Waals surface area contributed by atoms with Gasteiger partial charge < -0.3 is 9.64 Å². The number of halogens is 2. The highest BCUT2D eigenvalue weighted by Gasteiger charge is 2.23. The zero-order chi connectivity index (χ0) is 13.1. The third-order valence-corrected chi connectivity index (χ3v) is 3.39. The molecule has 0 atom stereocenters. The van der Waals surface area contributed by atoms with Crippen molar-refractivity contribution in [3.63, 3.8) is 0 Å². The number of anilines is 1. The SMILES string of the molecule is CN(c1nc(Cl)c(C#N)cc1F)C1CCOCC1. The fourth-order valence-electron chi connectivity index (χ4n) is 2.03. The van der Waals surface area contributed by atoms with E-state index in [1.165, 1.54) is 0 Å². The van der Waals surface area contributed by atoms with Crippen molar-refractivity contribution in [2.45, 2.75) is 18.9 Å². The second-order valence-corrected chi connectivity index (χ2v) is 4.56. The van der Waals surface area contributed by atoms with Crippen LogP contribution in [0.1, 0.15) is 18.4 Å².